The van der Waals surface area contributed by atoms with E-state index < -0.39 is 29.8 Å². The van der Waals surface area contributed by atoms with E-state index in [0.29, 0.717) is 24.0 Å². The van der Waals surface area contributed by atoms with Gasteiger partial charge in [0.1, 0.15) is 11.5 Å². The third-order valence-electron chi connectivity index (χ3n) is 5.26. The molecular weight excluding hydrogens is 360 g/mol. The van der Waals surface area contributed by atoms with Gasteiger partial charge in [0.15, 0.2) is 0 Å². The van der Waals surface area contributed by atoms with E-state index in [9.17, 15) is 24.9 Å². The predicted molar refractivity (Wildman–Crippen MR) is 102 cm³/mol. The molecule has 2 unspecified atom stereocenters. The van der Waals surface area contributed by atoms with Crippen molar-refractivity contribution in [2.24, 2.45) is 11.8 Å². The highest BCUT2D eigenvalue weighted by Gasteiger charge is 2.36. The SMILES string of the molecule is O=C(O)C1CCCCC1C(=O)NNC(c1ccccc1O)c1ccccc1O. The average Bonchev–Trinajstić information content (AvgIpc) is 2.70. The van der Waals surface area contributed by atoms with Crippen LogP contribution in [0.5, 0.6) is 11.5 Å². The highest BCUT2D eigenvalue weighted by Crippen LogP contribution is 2.34. The number of nitrogens with one attached hydrogen (secondary N) is 2. The Bertz CT molecular complexity index is 809. The summed E-state index contributed by atoms with van der Waals surface area (Å²) in [5, 5.41) is 29.9. The maximum absolute atomic E-state index is 12.7. The number of amides is 1. The van der Waals surface area contributed by atoms with Crippen LogP contribution in [0.1, 0.15) is 42.9 Å². The molecule has 2 atom stereocenters. The molecule has 0 heterocycles. The fraction of sp³-hybridized carbons (Fsp3) is 0.333. The molecule has 0 aromatic heterocycles. The van der Waals surface area contributed by atoms with Crippen LogP contribution in [-0.2, 0) is 9.59 Å². The lowest BCUT2D eigenvalue weighted by Gasteiger charge is -2.29. The van der Waals surface area contributed by atoms with Crippen molar-refractivity contribution < 1.29 is 24.9 Å². The molecule has 148 valence electrons. The summed E-state index contributed by atoms with van der Waals surface area (Å²) in [6.45, 7) is 0. The number of rotatable bonds is 6. The van der Waals surface area contributed by atoms with Crippen LogP contribution in [0.4, 0.5) is 0 Å². The second-order valence-corrected chi connectivity index (χ2v) is 7.02. The van der Waals surface area contributed by atoms with Crippen molar-refractivity contribution in [1.29, 1.82) is 0 Å². The van der Waals surface area contributed by atoms with Crippen LogP contribution in [0.3, 0.4) is 0 Å². The zero-order valence-electron chi connectivity index (χ0n) is 15.3. The second-order valence-electron chi connectivity index (χ2n) is 7.02. The van der Waals surface area contributed by atoms with Gasteiger partial charge in [-0.2, -0.15) is 0 Å². The Morgan fingerprint density at radius 1 is 0.857 bits per heavy atom. The number of hydrazine groups is 1. The minimum Gasteiger partial charge on any atom is -0.508 e. The summed E-state index contributed by atoms with van der Waals surface area (Å²) in [6.07, 6.45) is 2.61. The number of aliphatic carboxylic acids is 1. The highest BCUT2D eigenvalue weighted by atomic mass is 16.4. The van der Waals surface area contributed by atoms with Crippen LogP contribution in [0.2, 0.25) is 0 Å². The summed E-state index contributed by atoms with van der Waals surface area (Å²) in [5.41, 5.74) is 6.44. The average molecular weight is 384 g/mol. The Kier molecular flexibility index (Phi) is 6.16. The van der Waals surface area contributed by atoms with Gasteiger partial charge in [-0.05, 0) is 25.0 Å². The molecule has 5 N–H and O–H groups in total. The Hall–Kier alpha value is -3.06. The molecule has 0 aliphatic heterocycles. The van der Waals surface area contributed by atoms with E-state index in [0.717, 1.165) is 12.8 Å². The van der Waals surface area contributed by atoms with Crippen LogP contribution in [0, 0.1) is 11.8 Å². The van der Waals surface area contributed by atoms with Crippen LogP contribution in [0.15, 0.2) is 48.5 Å². The second kappa shape index (κ2) is 8.75. The molecule has 1 saturated carbocycles. The van der Waals surface area contributed by atoms with Gasteiger partial charge in [0, 0.05) is 11.1 Å². The fourth-order valence-electron chi connectivity index (χ4n) is 3.76. The Morgan fingerprint density at radius 2 is 1.36 bits per heavy atom. The molecule has 28 heavy (non-hydrogen) atoms. The van der Waals surface area contributed by atoms with Gasteiger partial charge in [0.2, 0.25) is 5.91 Å². The number of phenols is 2. The van der Waals surface area contributed by atoms with Gasteiger partial charge in [-0.3, -0.25) is 15.0 Å². The molecule has 7 nitrogen and oxygen atoms in total. The molecular formula is C21H24N2O5. The van der Waals surface area contributed by atoms with Crippen molar-refractivity contribution in [3.63, 3.8) is 0 Å². The Labute approximate surface area is 163 Å². The van der Waals surface area contributed by atoms with E-state index in [4.69, 9.17) is 0 Å². The summed E-state index contributed by atoms with van der Waals surface area (Å²) >= 11 is 0. The van der Waals surface area contributed by atoms with E-state index in [2.05, 4.69) is 10.9 Å². The normalized spacial score (nSPS) is 19.3. The van der Waals surface area contributed by atoms with Crippen LogP contribution < -0.4 is 10.9 Å². The highest BCUT2D eigenvalue weighted by molar-refractivity contribution is 5.84. The van der Waals surface area contributed by atoms with Crippen LogP contribution in [-0.4, -0.2) is 27.2 Å². The lowest BCUT2D eigenvalue weighted by molar-refractivity contribution is -0.149. The number of para-hydroxylation sites is 2. The quantitative estimate of drug-likeness (QED) is 0.489. The first-order valence-corrected chi connectivity index (χ1v) is 9.33. The fourth-order valence-corrected chi connectivity index (χ4v) is 3.76. The predicted octanol–water partition coefficient (Wildman–Crippen LogP) is 2.70. The van der Waals surface area contributed by atoms with Crippen molar-refractivity contribution in [3.05, 3.63) is 59.7 Å². The number of benzene rings is 2. The summed E-state index contributed by atoms with van der Waals surface area (Å²) in [6, 6.07) is 12.6. The topological polar surface area (TPSA) is 119 Å². The number of aromatic hydroxyl groups is 2. The first-order valence-electron chi connectivity index (χ1n) is 9.33. The number of phenolic OH excluding ortho intramolecular Hbond substituents is 2. The molecule has 0 spiro atoms. The third kappa shape index (κ3) is 4.26. The summed E-state index contributed by atoms with van der Waals surface area (Å²) in [4.78, 5) is 24.2. The summed E-state index contributed by atoms with van der Waals surface area (Å²) in [7, 11) is 0. The smallest absolute Gasteiger partial charge is 0.307 e. The molecule has 7 heteroatoms. The maximum Gasteiger partial charge on any atom is 0.307 e. The van der Waals surface area contributed by atoms with Gasteiger partial charge in [0.05, 0.1) is 17.9 Å². The van der Waals surface area contributed by atoms with E-state index in [1.807, 2.05) is 0 Å². The van der Waals surface area contributed by atoms with Gasteiger partial charge < -0.3 is 15.3 Å². The lowest BCUT2D eigenvalue weighted by atomic mass is 9.79. The molecule has 2 aromatic carbocycles. The zero-order valence-corrected chi connectivity index (χ0v) is 15.3. The van der Waals surface area contributed by atoms with Crippen LogP contribution in [0.25, 0.3) is 0 Å². The van der Waals surface area contributed by atoms with Gasteiger partial charge in [-0.1, -0.05) is 49.2 Å². The van der Waals surface area contributed by atoms with E-state index in [-0.39, 0.29) is 11.5 Å². The summed E-state index contributed by atoms with van der Waals surface area (Å²) < 4.78 is 0. The Morgan fingerprint density at radius 3 is 1.86 bits per heavy atom. The minimum absolute atomic E-state index is 0.0126. The van der Waals surface area contributed by atoms with Crippen molar-refractivity contribution in [3.8, 4) is 11.5 Å². The number of carbonyl (C=O) groups excluding carboxylic acids is 1. The van der Waals surface area contributed by atoms with Gasteiger partial charge >= 0.3 is 5.97 Å². The molecule has 1 aliphatic rings. The standard InChI is InChI=1S/C21H24N2O5/c24-17-11-5-3-9-15(17)19(16-10-4-6-12-18(16)25)22-23-20(26)13-7-1-2-8-14(13)21(27)28/h3-6,9-14,19,22,24-25H,1-2,7-8H2,(H,23,26)(H,27,28). The number of hydrogen-bond donors (Lipinski definition) is 5. The monoisotopic (exact) mass is 384 g/mol. The first kappa shape index (κ1) is 19.7. The molecule has 3 rings (SSSR count). The van der Waals surface area contributed by atoms with Gasteiger partial charge in [-0.25, -0.2) is 5.43 Å². The third-order valence-corrected chi connectivity index (χ3v) is 5.26. The molecule has 0 bridgehead atoms. The summed E-state index contributed by atoms with van der Waals surface area (Å²) in [5.74, 6) is -2.66. The maximum atomic E-state index is 12.7. The number of carbonyl (C=O) groups is 2. The number of hydrogen-bond acceptors (Lipinski definition) is 5. The molecule has 1 fully saturated rings. The van der Waals surface area contributed by atoms with E-state index >= 15 is 0 Å². The molecule has 2 aromatic rings. The molecule has 0 radical (unpaired) electrons. The van der Waals surface area contributed by atoms with Gasteiger partial charge in [-0.15, -0.1) is 0 Å². The first-order chi connectivity index (χ1) is 13.5. The minimum atomic E-state index is -0.960. The van der Waals surface area contributed by atoms with Crippen molar-refractivity contribution in [2.75, 3.05) is 0 Å². The lowest BCUT2D eigenvalue weighted by Crippen LogP contribution is -2.47. The largest absolute Gasteiger partial charge is 0.508 e. The van der Waals surface area contributed by atoms with Crippen LogP contribution >= 0.6 is 0 Å². The zero-order chi connectivity index (χ0) is 20.1. The van der Waals surface area contributed by atoms with Crippen molar-refractivity contribution >= 4 is 11.9 Å². The van der Waals surface area contributed by atoms with Gasteiger partial charge in [0.25, 0.3) is 0 Å². The molecule has 1 amide bonds. The molecule has 1 aliphatic carbocycles. The Balaban J connectivity index is 1.82. The number of carboxylic acid groups (broad SMARTS) is 1. The molecule has 0 saturated heterocycles. The number of carboxylic acids is 1. The van der Waals surface area contributed by atoms with E-state index in [1.54, 1.807) is 36.4 Å². The van der Waals surface area contributed by atoms with E-state index in [1.165, 1.54) is 12.1 Å². The van der Waals surface area contributed by atoms with Crippen molar-refractivity contribution in [1.82, 2.24) is 10.9 Å². The van der Waals surface area contributed by atoms with Crippen molar-refractivity contribution in [2.45, 2.75) is 31.7 Å².